The van der Waals surface area contributed by atoms with Crippen molar-refractivity contribution in [3.05, 3.63) is 34.5 Å². The van der Waals surface area contributed by atoms with E-state index in [0.717, 1.165) is 29.6 Å². The number of aromatic nitrogens is 2. The largest absolute Gasteiger partial charge is 0.433 e. The van der Waals surface area contributed by atoms with Crippen LogP contribution in [0.1, 0.15) is 17.0 Å². The van der Waals surface area contributed by atoms with E-state index in [0.29, 0.717) is 4.34 Å². The Balaban J connectivity index is 2.40. The van der Waals surface area contributed by atoms with Crippen LogP contribution in [-0.4, -0.2) is 9.97 Å². The monoisotopic (exact) mass is 301 g/mol. The van der Waals surface area contributed by atoms with Crippen LogP contribution in [0.4, 0.5) is 13.2 Å². The molecule has 8 heteroatoms. The molecule has 3 nitrogen and oxygen atoms in total. The molecule has 98 valence electrons. The molecule has 0 bridgehead atoms. The van der Waals surface area contributed by atoms with Crippen LogP contribution in [0.25, 0.3) is 0 Å². The van der Waals surface area contributed by atoms with Crippen LogP contribution in [0.5, 0.6) is 0 Å². The van der Waals surface area contributed by atoms with Crippen molar-refractivity contribution >= 4 is 23.1 Å². The minimum Gasteiger partial charge on any atom is -0.235 e. The van der Waals surface area contributed by atoms with Gasteiger partial charge in [0, 0.05) is 11.1 Å². The summed E-state index contributed by atoms with van der Waals surface area (Å²) < 4.78 is 38.3. The summed E-state index contributed by atoms with van der Waals surface area (Å²) in [5, 5.41) is 10.7. The predicted octanol–water partition coefficient (Wildman–Crippen LogP) is 3.89. The second-order valence-corrected chi connectivity index (χ2v) is 5.61. The number of aryl methyl sites for hydroxylation is 1. The van der Waals surface area contributed by atoms with E-state index in [9.17, 15) is 13.2 Å². The molecule has 0 N–H and O–H groups in total. The third-order valence-electron chi connectivity index (χ3n) is 2.05. The van der Waals surface area contributed by atoms with E-state index in [1.54, 1.807) is 12.3 Å². The first-order chi connectivity index (χ1) is 8.90. The molecule has 2 aromatic rings. The number of rotatable bonds is 2. The molecule has 0 aliphatic carbocycles. The molecule has 0 amide bonds. The van der Waals surface area contributed by atoms with Gasteiger partial charge in [-0.15, -0.1) is 11.3 Å². The normalized spacial score (nSPS) is 11.3. The summed E-state index contributed by atoms with van der Waals surface area (Å²) in [7, 11) is 0. The van der Waals surface area contributed by atoms with Gasteiger partial charge in [-0.05, 0) is 30.8 Å². The van der Waals surface area contributed by atoms with Gasteiger partial charge in [-0.25, -0.2) is 9.97 Å². The summed E-state index contributed by atoms with van der Waals surface area (Å²) in [6.07, 6.45) is -4.53. The lowest BCUT2D eigenvalue weighted by molar-refractivity contribution is -0.141. The van der Waals surface area contributed by atoms with Crippen LogP contribution < -0.4 is 0 Å². The second-order valence-electron chi connectivity index (χ2n) is 3.52. The van der Waals surface area contributed by atoms with Gasteiger partial charge in [0.2, 0.25) is 0 Å². The van der Waals surface area contributed by atoms with Crippen LogP contribution in [0.3, 0.4) is 0 Å². The molecule has 19 heavy (non-hydrogen) atoms. The van der Waals surface area contributed by atoms with E-state index in [-0.39, 0.29) is 10.6 Å². The van der Waals surface area contributed by atoms with Gasteiger partial charge in [0.25, 0.3) is 0 Å². The molecule has 2 heterocycles. The van der Waals surface area contributed by atoms with E-state index in [4.69, 9.17) is 5.26 Å². The van der Waals surface area contributed by atoms with E-state index < -0.39 is 11.9 Å². The maximum atomic E-state index is 12.6. The Morgan fingerprint density at radius 1 is 1.32 bits per heavy atom. The zero-order valence-corrected chi connectivity index (χ0v) is 11.2. The first-order valence-corrected chi connectivity index (χ1v) is 6.68. The molecule has 2 rings (SSSR count). The predicted molar refractivity (Wildman–Crippen MR) is 64.9 cm³/mol. The fourth-order valence-electron chi connectivity index (χ4n) is 1.22. The van der Waals surface area contributed by atoms with Crippen molar-refractivity contribution in [1.29, 1.82) is 5.26 Å². The smallest absolute Gasteiger partial charge is 0.235 e. The summed E-state index contributed by atoms with van der Waals surface area (Å²) in [6.45, 7) is 1.78. The number of nitriles is 1. The highest BCUT2D eigenvalue weighted by atomic mass is 32.2. The Hall–Kier alpha value is -1.59. The van der Waals surface area contributed by atoms with Crippen molar-refractivity contribution < 1.29 is 13.2 Å². The van der Waals surface area contributed by atoms with Gasteiger partial charge in [-0.3, -0.25) is 0 Å². The van der Waals surface area contributed by atoms with Gasteiger partial charge in [0.05, 0.1) is 5.56 Å². The number of thiazole rings is 1. The third kappa shape index (κ3) is 3.24. The number of pyridine rings is 1. The third-order valence-corrected chi connectivity index (χ3v) is 4.11. The lowest BCUT2D eigenvalue weighted by atomic mass is 10.2. The van der Waals surface area contributed by atoms with Gasteiger partial charge in [-0.1, -0.05) is 0 Å². The molecule has 0 aliphatic heterocycles. The summed E-state index contributed by atoms with van der Waals surface area (Å²) in [5.41, 5.74) is -0.133. The fourth-order valence-corrected chi connectivity index (χ4v) is 3.04. The Morgan fingerprint density at radius 2 is 2.05 bits per heavy atom. The van der Waals surface area contributed by atoms with Gasteiger partial charge >= 0.3 is 6.18 Å². The fraction of sp³-hybridized carbons (Fsp3) is 0.182. The molecule has 0 spiro atoms. The van der Waals surface area contributed by atoms with Crippen LogP contribution in [-0.2, 0) is 6.18 Å². The topological polar surface area (TPSA) is 49.6 Å². The molecular formula is C11H6F3N3S2. The number of hydrogen-bond donors (Lipinski definition) is 0. The van der Waals surface area contributed by atoms with Gasteiger partial charge in [0.15, 0.2) is 4.34 Å². The number of hydrogen-bond acceptors (Lipinski definition) is 5. The summed E-state index contributed by atoms with van der Waals surface area (Å²) >= 11 is 2.26. The molecule has 0 aliphatic rings. The molecule has 2 aromatic heterocycles. The Bertz CT molecular complexity index is 643. The van der Waals surface area contributed by atoms with E-state index in [2.05, 4.69) is 9.97 Å². The van der Waals surface area contributed by atoms with Crippen LogP contribution in [0.15, 0.2) is 26.9 Å². The lowest BCUT2D eigenvalue weighted by Gasteiger charge is -2.07. The number of nitrogens with zero attached hydrogens (tertiary/aromatic N) is 3. The quantitative estimate of drug-likeness (QED) is 0.844. The van der Waals surface area contributed by atoms with Crippen molar-refractivity contribution in [3.8, 4) is 6.07 Å². The van der Waals surface area contributed by atoms with Crippen LogP contribution in [0, 0.1) is 18.3 Å². The molecule has 0 saturated heterocycles. The van der Waals surface area contributed by atoms with Gasteiger partial charge in [0.1, 0.15) is 16.8 Å². The molecule has 0 radical (unpaired) electrons. The highest BCUT2D eigenvalue weighted by molar-refractivity contribution is 8.01. The number of halogens is 3. The van der Waals surface area contributed by atoms with Crippen molar-refractivity contribution in [3.63, 3.8) is 0 Å². The molecular weight excluding hydrogens is 295 g/mol. The molecule has 0 fully saturated rings. The minimum absolute atomic E-state index is 0.0201. The first kappa shape index (κ1) is 13.8. The molecule has 0 saturated carbocycles. The second kappa shape index (κ2) is 5.19. The zero-order chi connectivity index (χ0) is 14.0. The van der Waals surface area contributed by atoms with Crippen molar-refractivity contribution in [2.24, 2.45) is 0 Å². The standard InChI is InChI=1S/C11H6F3N3S2/c1-6-5-18-10(16-6)19-9-7(4-15)2-3-8(17-9)11(12,13)14/h2-3,5H,1H3. The van der Waals surface area contributed by atoms with Crippen molar-refractivity contribution in [1.82, 2.24) is 9.97 Å². The first-order valence-electron chi connectivity index (χ1n) is 4.98. The average Bonchev–Trinajstić information content (AvgIpc) is 2.73. The molecule has 0 atom stereocenters. The maximum Gasteiger partial charge on any atom is 0.433 e. The van der Waals surface area contributed by atoms with Crippen LogP contribution in [0.2, 0.25) is 0 Å². The Morgan fingerprint density at radius 3 is 2.58 bits per heavy atom. The Labute approximate surface area is 115 Å². The van der Waals surface area contributed by atoms with E-state index in [1.807, 2.05) is 6.07 Å². The zero-order valence-electron chi connectivity index (χ0n) is 9.52. The lowest BCUT2D eigenvalue weighted by Crippen LogP contribution is -2.08. The van der Waals surface area contributed by atoms with E-state index >= 15 is 0 Å². The SMILES string of the molecule is Cc1csc(Sc2nc(C(F)(F)F)ccc2C#N)n1. The summed E-state index contributed by atoms with van der Waals surface area (Å²) in [6, 6.07) is 3.75. The average molecular weight is 301 g/mol. The highest BCUT2D eigenvalue weighted by Crippen LogP contribution is 2.34. The van der Waals surface area contributed by atoms with Crippen LogP contribution >= 0.6 is 23.1 Å². The Kier molecular flexibility index (Phi) is 3.78. The maximum absolute atomic E-state index is 12.6. The minimum atomic E-state index is -4.53. The van der Waals surface area contributed by atoms with Gasteiger partial charge < -0.3 is 0 Å². The molecule has 0 unspecified atom stereocenters. The van der Waals surface area contributed by atoms with Crippen molar-refractivity contribution in [2.75, 3.05) is 0 Å². The summed E-state index contributed by atoms with van der Waals surface area (Å²) in [4.78, 5) is 7.63. The van der Waals surface area contributed by atoms with Crippen molar-refractivity contribution in [2.45, 2.75) is 22.5 Å². The van der Waals surface area contributed by atoms with Gasteiger partial charge in [-0.2, -0.15) is 18.4 Å². The summed E-state index contributed by atoms with van der Waals surface area (Å²) in [5.74, 6) is 0. The number of alkyl halides is 3. The molecule has 0 aromatic carbocycles. The highest BCUT2D eigenvalue weighted by Gasteiger charge is 2.33. The van der Waals surface area contributed by atoms with E-state index in [1.165, 1.54) is 11.3 Å².